The average Bonchev–Trinajstić information content (AvgIpc) is 2.68. The number of carbonyl (C=O) groups is 3. The summed E-state index contributed by atoms with van der Waals surface area (Å²) in [6.07, 6.45) is 3.09. The van der Waals surface area contributed by atoms with E-state index in [-0.39, 0.29) is 5.92 Å². The molecule has 0 aliphatic heterocycles. The molecule has 0 spiro atoms. The van der Waals surface area contributed by atoms with Crippen LogP contribution < -0.4 is 14.8 Å². The van der Waals surface area contributed by atoms with Gasteiger partial charge in [0.25, 0.3) is 5.91 Å². The van der Waals surface area contributed by atoms with E-state index < -0.39 is 30.5 Å². The Morgan fingerprint density at radius 3 is 2.39 bits per heavy atom. The maximum atomic E-state index is 12.0. The second-order valence-electron chi connectivity index (χ2n) is 6.32. The molecule has 0 aliphatic carbocycles. The fraction of sp³-hybridized carbons (Fsp3) is 0.450. The van der Waals surface area contributed by atoms with E-state index in [0.29, 0.717) is 23.5 Å². The highest BCUT2D eigenvalue weighted by molar-refractivity contribution is 5.90. The van der Waals surface area contributed by atoms with Crippen LogP contribution in [0.4, 0.5) is 0 Å². The molecule has 8 heteroatoms. The van der Waals surface area contributed by atoms with Crippen molar-refractivity contribution in [1.82, 2.24) is 5.32 Å². The Labute approximate surface area is 164 Å². The van der Waals surface area contributed by atoms with E-state index >= 15 is 0 Å². The van der Waals surface area contributed by atoms with Crippen LogP contribution in [0.2, 0.25) is 0 Å². The Bertz CT molecular complexity index is 713. The summed E-state index contributed by atoms with van der Waals surface area (Å²) in [7, 11) is 4.29. The zero-order valence-corrected chi connectivity index (χ0v) is 16.8. The van der Waals surface area contributed by atoms with Crippen LogP contribution in [0.25, 0.3) is 6.08 Å². The summed E-state index contributed by atoms with van der Waals surface area (Å²) in [5, 5.41) is 2.51. The van der Waals surface area contributed by atoms with E-state index in [9.17, 15) is 14.4 Å². The first-order chi connectivity index (χ1) is 13.3. The van der Waals surface area contributed by atoms with Crippen LogP contribution in [0.15, 0.2) is 24.3 Å². The van der Waals surface area contributed by atoms with E-state index in [0.717, 1.165) is 0 Å². The number of amides is 1. The van der Waals surface area contributed by atoms with Gasteiger partial charge in [-0.1, -0.05) is 13.8 Å². The Hall–Kier alpha value is -3.03. The quantitative estimate of drug-likeness (QED) is 0.479. The monoisotopic (exact) mass is 393 g/mol. The molecule has 0 aromatic heterocycles. The smallest absolute Gasteiger partial charge is 0.331 e. The van der Waals surface area contributed by atoms with E-state index in [1.165, 1.54) is 33.5 Å². The fourth-order valence-corrected chi connectivity index (χ4v) is 2.38. The molecule has 0 fully saturated rings. The second kappa shape index (κ2) is 11.6. The summed E-state index contributed by atoms with van der Waals surface area (Å²) >= 11 is 0. The van der Waals surface area contributed by atoms with Crippen LogP contribution in [-0.2, 0) is 23.9 Å². The second-order valence-corrected chi connectivity index (χ2v) is 6.32. The molecule has 0 saturated carbocycles. The number of ether oxygens (including phenoxy) is 4. The lowest BCUT2D eigenvalue weighted by Crippen LogP contribution is -2.44. The summed E-state index contributed by atoms with van der Waals surface area (Å²) in [5.74, 6) is -0.509. The molecule has 0 bridgehead atoms. The van der Waals surface area contributed by atoms with Crippen LogP contribution in [-0.4, -0.2) is 51.8 Å². The summed E-state index contributed by atoms with van der Waals surface area (Å²) in [5.41, 5.74) is 0.617. The molecule has 1 unspecified atom stereocenters. The minimum Gasteiger partial charge on any atom is -0.497 e. The van der Waals surface area contributed by atoms with E-state index in [4.69, 9.17) is 14.2 Å². The molecule has 1 aromatic rings. The molecule has 0 radical (unpaired) electrons. The maximum absolute atomic E-state index is 12.0. The molecular formula is C20H27NO7. The maximum Gasteiger partial charge on any atom is 0.331 e. The van der Waals surface area contributed by atoms with Crippen LogP contribution >= 0.6 is 0 Å². The molecule has 0 saturated heterocycles. The molecule has 1 rings (SSSR count). The average molecular weight is 393 g/mol. The van der Waals surface area contributed by atoms with Crippen molar-refractivity contribution >= 4 is 23.9 Å². The highest BCUT2D eigenvalue weighted by atomic mass is 16.5. The highest BCUT2D eigenvalue weighted by Gasteiger charge is 2.22. The first-order valence-corrected chi connectivity index (χ1v) is 8.74. The van der Waals surface area contributed by atoms with Crippen molar-refractivity contribution in [2.75, 3.05) is 27.9 Å². The van der Waals surface area contributed by atoms with E-state index in [1.807, 2.05) is 13.8 Å². The van der Waals surface area contributed by atoms with Crippen molar-refractivity contribution in [3.63, 3.8) is 0 Å². The third-order valence-corrected chi connectivity index (χ3v) is 3.71. The summed E-state index contributed by atoms with van der Waals surface area (Å²) < 4.78 is 19.9. The zero-order valence-electron chi connectivity index (χ0n) is 16.8. The van der Waals surface area contributed by atoms with Gasteiger partial charge in [0.05, 0.1) is 21.3 Å². The first kappa shape index (κ1) is 23.0. The van der Waals surface area contributed by atoms with Gasteiger partial charge in [-0.2, -0.15) is 0 Å². The van der Waals surface area contributed by atoms with Crippen LogP contribution in [0.5, 0.6) is 11.5 Å². The molecular weight excluding hydrogens is 366 g/mol. The Balaban J connectivity index is 2.63. The molecule has 0 aliphatic rings. The predicted octanol–water partition coefficient (Wildman–Crippen LogP) is 1.96. The van der Waals surface area contributed by atoms with Crippen molar-refractivity contribution in [1.29, 1.82) is 0 Å². The fourth-order valence-electron chi connectivity index (χ4n) is 2.38. The number of hydrogen-bond acceptors (Lipinski definition) is 7. The number of nitrogens with one attached hydrogen (secondary N) is 1. The molecule has 1 amide bonds. The molecule has 1 aromatic carbocycles. The van der Waals surface area contributed by atoms with Gasteiger partial charge in [0, 0.05) is 11.6 Å². The van der Waals surface area contributed by atoms with Crippen LogP contribution in [0.3, 0.4) is 0 Å². The minimum absolute atomic E-state index is 0.174. The third kappa shape index (κ3) is 7.69. The molecule has 1 atom stereocenters. The van der Waals surface area contributed by atoms with Gasteiger partial charge in [0.15, 0.2) is 6.61 Å². The van der Waals surface area contributed by atoms with Crippen molar-refractivity contribution in [3.8, 4) is 11.5 Å². The largest absolute Gasteiger partial charge is 0.497 e. The van der Waals surface area contributed by atoms with Crippen molar-refractivity contribution < 1.29 is 33.3 Å². The number of hydrogen-bond donors (Lipinski definition) is 1. The van der Waals surface area contributed by atoms with Gasteiger partial charge in [-0.25, -0.2) is 9.59 Å². The summed E-state index contributed by atoms with van der Waals surface area (Å²) in [4.78, 5) is 35.6. The summed E-state index contributed by atoms with van der Waals surface area (Å²) in [6, 6.07) is 4.35. The van der Waals surface area contributed by atoms with Crippen molar-refractivity contribution in [3.05, 3.63) is 29.8 Å². The standard InChI is InChI=1S/C20H27NO7/c1-13(2)10-16(20(24)27-5)21-18(22)12-28-19(23)9-6-14-11-15(25-3)7-8-17(14)26-4/h6-9,11,13,16H,10,12H2,1-5H3,(H,21,22)/b9-6+. The third-order valence-electron chi connectivity index (χ3n) is 3.71. The molecule has 8 nitrogen and oxygen atoms in total. The van der Waals surface area contributed by atoms with Crippen molar-refractivity contribution in [2.45, 2.75) is 26.3 Å². The SMILES string of the molecule is COC(=O)C(CC(C)C)NC(=O)COC(=O)/C=C/c1cc(OC)ccc1OC. The van der Waals surface area contributed by atoms with Gasteiger partial charge >= 0.3 is 11.9 Å². The lowest BCUT2D eigenvalue weighted by molar-refractivity contribution is -0.148. The highest BCUT2D eigenvalue weighted by Crippen LogP contribution is 2.25. The topological polar surface area (TPSA) is 100 Å². The van der Waals surface area contributed by atoms with Crippen molar-refractivity contribution in [2.24, 2.45) is 5.92 Å². The zero-order chi connectivity index (χ0) is 21.1. The number of carbonyl (C=O) groups excluding carboxylic acids is 3. The summed E-state index contributed by atoms with van der Waals surface area (Å²) in [6.45, 7) is 3.32. The van der Waals surface area contributed by atoms with E-state index in [1.54, 1.807) is 18.2 Å². The minimum atomic E-state index is -0.784. The predicted molar refractivity (Wildman–Crippen MR) is 103 cm³/mol. The number of rotatable bonds is 10. The number of methoxy groups -OCH3 is 3. The Morgan fingerprint density at radius 2 is 1.82 bits per heavy atom. The molecule has 28 heavy (non-hydrogen) atoms. The Kier molecular flexibility index (Phi) is 9.56. The first-order valence-electron chi connectivity index (χ1n) is 8.74. The molecule has 154 valence electrons. The normalized spacial score (nSPS) is 11.8. The van der Waals surface area contributed by atoms with Gasteiger partial charge in [0.1, 0.15) is 17.5 Å². The number of benzene rings is 1. The lowest BCUT2D eigenvalue weighted by Gasteiger charge is -2.18. The Morgan fingerprint density at radius 1 is 1.11 bits per heavy atom. The number of esters is 2. The lowest BCUT2D eigenvalue weighted by atomic mass is 10.0. The van der Waals surface area contributed by atoms with Crippen LogP contribution in [0, 0.1) is 5.92 Å². The van der Waals surface area contributed by atoms with Crippen LogP contribution in [0.1, 0.15) is 25.8 Å². The van der Waals surface area contributed by atoms with Gasteiger partial charge in [0.2, 0.25) is 0 Å². The van der Waals surface area contributed by atoms with Gasteiger partial charge in [-0.3, -0.25) is 4.79 Å². The molecule has 0 heterocycles. The molecule has 1 N–H and O–H groups in total. The van der Waals surface area contributed by atoms with Gasteiger partial charge in [-0.15, -0.1) is 0 Å². The van der Waals surface area contributed by atoms with Gasteiger partial charge in [-0.05, 0) is 36.6 Å². The van der Waals surface area contributed by atoms with E-state index in [2.05, 4.69) is 10.1 Å². The van der Waals surface area contributed by atoms with Gasteiger partial charge < -0.3 is 24.3 Å².